The van der Waals surface area contributed by atoms with E-state index in [-0.39, 0.29) is 11.3 Å². The predicted octanol–water partition coefficient (Wildman–Crippen LogP) is 1.50. The average molecular weight is 206 g/mol. The van der Waals surface area contributed by atoms with Crippen molar-refractivity contribution in [2.45, 2.75) is 13.1 Å². The summed E-state index contributed by atoms with van der Waals surface area (Å²) in [6.07, 6.45) is -4.00. The Labute approximate surface area is 76.4 Å². The van der Waals surface area contributed by atoms with E-state index >= 15 is 0 Å². The minimum atomic E-state index is -4.65. The van der Waals surface area contributed by atoms with Gasteiger partial charge in [0.15, 0.2) is 0 Å². The molecule has 4 nitrogen and oxygen atoms in total. The molecule has 0 unspecified atom stereocenters. The number of carboxylic acid groups (broad SMARTS) is 1. The van der Waals surface area contributed by atoms with Crippen molar-refractivity contribution in [1.29, 1.82) is 0 Å². The number of hydrogen-bond donors (Lipinski definition) is 1. The summed E-state index contributed by atoms with van der Waals surface area (Å²) in [5.41, 5.74) is -0.544. The van der Waals surface area contributed by atoms with Gasteiger partial charge in [-0.25, -0.2) is 14.8 Å². The van der Waals surface area contributed by atoms with Crippen LogP contribution >= 0.6 is 0 Å². The molecule has 1 N–H and O–H groups in total. The lowest BCUT2D eigenvalue weighted by Crippen LogP contribution is -2.14. The third-order valence-electron chi connectivity index (χ3n) is 1.46. The maximum absolute atomic E-state index is 12.0. The van der Waals surface area contributed by atoms with E-state index in [1.807, 2.05) is 0 Å². The molecule has 0 amide bonds. The molecule has 1 heterocycles. The number of aromatic carboxylic acids is 1. The van der Waals surface area contributed by atoms with Crippen LogP contribution in [0.25, 0.3) is 0 Å². The van der Waals surface area contributed by atoms with Crippen LogP contribution in [0, 0.1) is 6.92 Å². The highest BCUT2D eigenvalue weighted by atomic mass is 19.4. The van der Waals surface area contributed by atoms with E-state index in [1.54, 1.807) is 0 Å². The zero-order chi connectivity index (χ0) is 10.9. The minimum absolute atomic E-state index is 0.208. The van der Waals surface area contributed by atoms with Gasteiger partial charge in [0.25, 0.3) is 0 Å². The van der Waals surface area contributed by atoms with Crippen molar-refractivity contribution in [3.05, 3.63) is 23.3 Å². The van der Waals surface area contributed by atoms with Gasteiger partial charge >= 0.3 is 12.1 Å². The average Bonchev–Trinajstić information content (AvgIpc) is 2.01. The van der Waals surface area contributed by atoms with Crippen molar-refractivity contribution in [2.75, 3.05) is 0 Å². The molecule has 1 aromatic rings. The Bertz CT molecular complexity index is 376. The van der Waals surface area contributed by atoms with Crippen LogP contribution in [0.3, 0.4) is 0 Å². The standard InChI is InChI=1S/C7H5F3N2O2/c1-3-4(5(13)14)2-11-6(12-3)7(8,9)10/h2H,1H3,(H,13,14). The molecule has 0 atom stereocenters. The van der Waals surface area contributed by atoms with Gasteiger partial charge in [-0.2, -0.15) is 13.2 Å². The molecule has 14 heavy (non-hydrogen) atoms. The van der Waals surface area contributed by atoms with Crippen molar-refractivity contribution in [2.24, 2.45) is 0 Å². The first-order valence-corrected chi connectivity index (χ1v) is 3.46. The Balaban J connectivity index is 3.20. The lowest BCUT2D eigenvalue weighted by Gasteiger charge is -2.06. The van der Waals surface area contributed by atoms with Crippen molar-refractivity contribution < 1.29 is 23.1 Å². The number of nitrogens with zero attached hydrogens (tertiary/aromatic N) is 2. The third-order valence-corrected chi connectivity index (χ3v) is 1.46. The highest BCUT2D eigenvalue weighted by Crippen LogP contribution is 2.26. The zero-order valence-electron chi connectivity index (χ0n) is 6.96. The third kappa shape index (κ3) is 1.98. The van der Waals surface area contributed by atoms with Gasteiger partial charge in [0.05, 0.1) is 11.3 Å². The molecule has 0 bridgehead atoms. The molecular formula is C7H5F3N2O2. The lowest BCUT2D eigenvalue weighted by atomic mass is 10.2. The molecule has 0 spiro atoms. The van der Waals surface area contributed by atoms with Gasteiger partial charge in [0.1, 0.15) is 0 Å². The molecule has 7 heteroatoms. The number of hydrogen-bond acceptors (Lipinski definition) is 3. The summed E-state index contributed by atoms with van der Waals surface area (Å²) in [5, 5.41) is 8.50. The van der Waals surface area contributed by atoms with Crippen LogP contribution in [-0.4, -0.2) is 21.0 Å². The largest absolute Gasteiger partial charge is 0.478 e. The van der Waals surface area contributed by atoms with Gasteiger partial charge in [-0.05, 0) is 6.92 Å². The van der Waals surface area contributed by atoms with E-state index in [9.17, 15) is 18.0 Å². The highest BCUT2D eigenvalue weighted by Gasteiger charge is 2.35. The van der Waals surface area contributed by atoms with Crippen molar-refractivity contribution in [3.8, 4) is 0 Å². The second-order valence-electron chi connectivity index (χ2n) is 2.50. The first-order valence-electron chi connectivity index (χ1n) is 3.46. The van der Waals surface area contributed by atoms with E-state index in [0.29, 0.717) is 6.20 Å². The number of rotatable bonds is 1. The van der Waals surface area contributed by atoms with Gasteiger partial charge in [-0.1, -0.05) is 0 Å². The summed E-state index contributed by atoms with van der Waals surface area (Å²) >= 11 is 0. The van der Waals surface area contributed by atoms with Gasteiger partial charge in [0.2, 0.25) is 5.82 Å². The molecule has 76 valence electrons. The Morgan fingerprint density at radius 1 is 1.50 bits per heavy atom. The summed E-state index contributed by atoms with van der Waals surface area (Å²) in [4.78, 5) is 16.4. The predicted molar refractivity (Wildman–Crippen MR) is 38.7 cm³/mol. The van der Waals surface area contributed by atoms with E-state index in [0.717, 1.165) is 0 Å². The molecule has 0 aliphatic heterocycles. The molecule has 1 aromatic heterocycles. The molecule has 0 fully saturated rings. The summed E-state index contributed by atoms with van der Waals surface area (Å²) in [6.45, 7) is 1.18. The summed E-state index contributed by atoms with van der Waals surface area (Å²) < 4.78 is 36.1. The van der Waals surface area contributed by atoms with Crippen LogP contribution in [0.4, 0.5) is 13.2 Å². The fourth-order valence-electron chi connectivity index (χ4n) is 0.814. The number of carboxylic acids is 1. The summed E-state index contributed by atoms with van der Waals surface area (Å²) in [5.74, 6) is -2.68. The number of aromatic nitrogens is 2. The monoisotopic (exact) mass is 206 g/mol. The molecule has 0 saturated heterocycles. The van der Waals surface area contributed by atoms with E-state index in [2.05, 4.69) is 9.97 Å². The van der Waals surface area contributed by atoms with Crippen LogP contribution in [0.2, 0.25) is 0 Å². The van der Waals surface area contributed by atoms with Crippen LogP contribution < -0.4 is 0 Å². The topological polar surface area (TPSA) is 63.1 Å². The fraction of sp³-hybridized carbons (Fsp3) is 0.286. The Kier molecular flexibility index (Phi) is 2.41. The normalized spacial score (nSPS) is 11.4. The highest BCUT2D eigenvalue weighted by molar-refractivity contribution is 5.88. The smallest absolute Gasteiger partial charge is 0.451 e. The molecule has 0 saturated carbocycles. The van der Waals surface area contributed by atoms with Crippen LogP contribution in [0.5, 0.6) is 0 Å². The Hall–Kier alpha value is -1.66. The first-order chi connectivity index (χ1) is 6.32. The molecule has 0 radical (unpaired) electrons. The second kappa shape index (κ2) is 3.24. The van der Waals surface area contributed by atoms with Gasteiger partial charge in [-0.3, -0.25) is 0 Å². The quantitative estimate of drug-likeness (QED) is 0.756. The van der Waals surface area contributed by atoms with Crippen LogP contribution in [0.15, 0.2) is 6.20 Å². The molecular weight excluding hydrogens is 201 g/mol. The second-order valence-corrected chi connectivity index (χ2v) is 2.50. The summed E-state index contributed by atoms with van der Waals surface area (Å²) in [7, 11) is 0. The zero-order valence-corrected chi connectivity index (χ0v) is 6.96. The van der Waals surface area contributed by atoms with Crippen LogP contribution in [0.1, 0.15) is 21.9 Å². The lowest BCUT2D eigenvalue weighted by molar-refractivity contribution is -0.145. The van der Waals surface area contributed by atoms with Crippen LogP contribution in [-0.2, 0) is 6.18 Å². The van der Waals surface area contributed by atoms with Crippen molar-refractivity contribution >= 4 is 5.97 Å². The Morgan fingerprint density at radius 2 is 2.07 bits per heavy atom. The molecule has 0 aromatic carbocycles. The number of alkyl halides is 3. The number of carbonyl (C=O) groups is 1. The van der Waals surface area contributed by atoms with Crippen molar-refractivity contribution in [3.63, 3.8) is 0 Å². The molecule has 0 aliphatic carbocycles. The van der Waals surface area contributed by atoms with E-state index in [4.69, 9.17) is 5.11 Å². The number of halogens is 3. The van der Waals surface area contributed by atoms with Gasteiger partial charge < -0.3 is 5.11 Å². The van der Waals surface area contributed by atoms with E-state index in [1.165, 1.54) is 6.92 Å². The maximum Gasteiger partial charge on any atom is 0.451 e. The SMILES string of the molecule is Cc1nc(C(F)(F)F)ncc1C(=O)O. The van der Waals surface area contributed by atoms with E-state index < -0.39 is 18.0 Å². The number of aryl methyl sites for hydroxylation is 1. The first kappa shape index (κ1) is 10.4. The van der Waals surface area contributed by atoms with Gasteiger partial charge in [0, 0.05) is 6.20 Å². The summed E-state index contributed by atoms with van der Waals surface area (Å²) in [6, 6.07) is 0. The molecule has 0 aliphatic rings. The fourth-order valence-corrected chi connectivity index (χ4v) is 0.814. The van der Waals surface area contributed by atoms with Gasteiger partial charge in [-0.15, -0.1) is 0 Å². The Morgan fingerprint density at radius 3 is 2.43 bits per heavy atom. The maximum atomic E-state index is 12.0. The molecule has 1 rings (SSSR count). The minimum Gasteiger partial charge on any atom is -0.478 e. The van der Waals surface area contributed by atoms with Crippen molar-refractivity contribution in [1.82, 2.24) is 9.97 Å².